The average Bonchev–Trinajstić information content (AvgIpc) is 2.81. The summed E-state index contributed by atoms with van der Waals surface area (Å²) in [5.41, 5.74) is 4.74. The Bertz CT molecular complexity index is 1180. The van der Waals surface area contributed by atoms with Crippen LogP contribution >= 0.6 is 15.9 Å². The maximum Gasteiger partial charge on any atom is 0.175 e. The van der Waals surface area contributed by atoms with Crippen molar-refractivity contribution in [1.82, 2.24) is 0 Å². The van der Waals surface area contributed by atoms with E-state index in [0.717, 1.165) is 33.5 Å². The van der Waals surface area contributed by atoms with Crippen molar-refractivity contribution in [2.24, 2.45) is 0 Å². The molecule has 0 saturated carbocycles. The second-order valence-electron chi connectivity index (χ2n) is 7.40. The zero-order chi connectivity index (χ0) is 21.6. The van der Waals surface area contributed by atoms with Crippen LogP contribution in [0.2, 0.25) is 0 Å². The number of hydrogen-bond donors (Lipinski definition) is 1. The van der Waals surface area contributed by atoms with Crippen LogP contribution in [0.5, 0.6) is 11.5 Å². The van der Waals surface area contributed by atoms with E-state index in [9.17, 15) is 0 Å². The molecular formula is C27H26BrNO2. The van der Waals surface area contributed by atoms with Gasteiger partial charge in [0.05, 0.1) is 11.6 Å². The van der Waals surface area contributed by atoms with Crippen LogP contribution in [0.4, 0.5) is 5.69 Å². The smallest absolute Gasteiger partial charge is 0.175 e. The van der Waals surface area contributed by atoms with Crippen LogP contribution in [0.15, 0.2) is 83.3 Å². The monoisotopic (exact) mass is 475 g/mol. The van der Waals surface area contributed by atoms with Crippen LogP contribution in [0.3, 0.4) is 0 Å². The first kappa shape index (κ1) is 21.3. The minimum atomic E-state index is 0.470. The standard InChI is InChI=1S/C27H26BrNO2/c1-3-20-9-5-7-14-25(20)29-17-19-15-24(28)27(26(16-19)30-2)31-18-22-12-8-11-21-10-4-6-13-23(21)22/h4-16,29H,3,17-18H2,1-2H3. The second-order valence-corrected chi connectivity index (χ2v) is 8.25. The number of methoxy groups -OCH3 is 1. The maximum atomic E-state index is 6.21. The highest BCUT2D eigenvalue weighted by atomic mass is 79.9. The van der Waals surface area contributed by atoms with Crippen LogP contribution in [-0.4, -0.2) is 7.11 Å². The molecule has 0 atom stereocenters. The Hall–Kier alpha value is -2.98. The first-order chi connectivity index (χ1) is 15.2. The molecule has 4 heteroatoms. The van der Waals surface area contributed by atoms with Crippen molar-refractivity contribution < 1.29 is 9.47 Å². The van der Waals surface area contributed by atoms with E-state index in [4.69, 9.17) is 9.47 Å². The first-order valence-electron chi connectivity index (χ1n) is 10.5. The lowest BCUT2D eigenvalue weighted by molar-refractivity contribution is 0.283. The number of ether oxygens (including phenoxy) is 2. The van der Waals surface area contributed by atoms with Gasteiger partial charge in [0.1, 0.15) is 6.61 Å². The van der Waals surface area contributed by atoms with Gasteiger partial charge in [0, 0.05) is 12.2 Å². The van der Waals surface area contributed by atoms with Crippen molar-refractivity contribution in [2.75, 3.05) is 12.4 Å². The molecule has 0 heterocycles. The van der Waals surface area contributed by atoms with E-state index >= 15 is 0 Å². The normalized spacial score (nSPS) is 10.8. The Kier molecular flexibility index (Phi) is 6.78. The van der Waals surface area contributed by atoms with Crippen molar-refractivity contribution >= 4 is 32.4 Å². The van der Waals surface area contributed by atoms with E-state index in [1.54, 1.807) is 7.11 Å². The van der Waals surface area contributed by atoms with Crippen LogP contribution < -0.4 is 14.8 Å². The van der Waals surface area contributed by atoms with Gasteiger partial charge in [-0.3, -0.25) is 0 Å². The fourth-order valence-corrected chi connectivity index (χ4v) is 4.39. The summed E-state index contributed by atoms with van der Waals surface area (Å²) in [5, 5.41) is 5.95. The number of aryl methyl sites for hydroxylation is 1. The highest BCUT2D eigenvalue weighted by Crippen LogP contribution is 2.38. The van der Waals surface area contributed by atoms with E-state index in [0.29, 0.717) is 18.9 Å². The van der Waals surface area contributed by atoms with Gasteiger partial charge in [0.25, 0.3) is 0 Å². The summed E-state index contributed by atoms with van der Waals surface area (Å²) < 4.78 is 12.8. The van der Waals surface area contributed by atoms with E-state index < -0.39 is 0 Å². The number of para-hydroxylation sites is 1. The van der Waals surface area contributed by atoms with Gasteiger partial charge in [-0.1, -0.05) is 67.6 Å². The summed E-state index contributed by atoms with van der Waals surface area (Å²) in [5.74, 6) is 1.43. The molecular weight excluding hydrogens is 450 g/mol. The second kappa shape index (κ2) is 9.88. The molecule has 0 saturated heterocycles. The summed E-state index contributed by atoms with van der Waals surface area (Å²) in [6, 6.07) is 27.2. The molecule has 1 N–H and O–H groups in total. The number of halogens is 1. The molecule has 0 spiro atoms. The van der Waals surface area contributed by atoms with E-state index in [1.807, 2.05) is 6.07 Å². The molecule has 0 unspecified atom stereocenters. The molecule has 0 radical (unpaired) electrons. The number of anilines is 1. The summed E-state index contributed by atoms with van der Waals surface area (Å²) in [7, 11) is 1.68. The molecule has 0 fully saturated rings. The first-order valence-corrected chi connectivity index (χ1v) is 11.3. The topological polar surface area (TPSA) is 30.5 Å². The van der Waals surface area contributed by atoms with Crippen molar-refractivity contribution in [1.29, 1.82) is 0 Å². The third-order valence-electron chi connectivity index (χ3n) is 5.42. The highest BCUT2D eigenvalue weighted by molar-refractivity contribution is 9.10. The Morgan fingerprint density at radius 1 is 0.871 bits per heavy atom. The van der Waals surface area contributed by atoms with Crippen LogP contribution in [-0.2, 0) is 19.6 Å². The lowest BCUT2D eigenvalue weighted by atomic mass is 10.1. The maximum absolute atomic E-state index is 6.21. The number of nitrogens with one attached hydrogen (secondary N) is 1. The zero-order valence-electron chi connectivity index (χ0n) is 17.8. The summed E-state index contributed by atoms with van der Waals surface area (Å²) in [4.78, 5) is 0. The van der Waals surface area contributed by atoms with Crippen LogP contribution in [0.25, 0.3) is 10.8 Å². The van der Waals surface area contributed by atoms with Gasteiger partial charge in [0.2, 0.25) is 0 Å². The fraction of sp³-hybridized carbons (Fsp3) is 0.185. The molecule has 158 valence electrons. The molecule has 3 nitrogen and oxygen atoms in total. The van der Waals surface area contributed by atoms with E-state index in [2.05, 4.69) is 101 Å². The highest BCUT2D eigenvalue weighted by Gasteiger charge is 2.13. The van der Waals surface area contributed by atoms with Crippen molar-refractivity contribution in [3.8, 4) is 11.5 Å². The Labute approximate surface area is 192 Å². The number of fused-ring (bicyclic) bond motifs is 1. The third-order valence-corrected chi connectivity index (χ3v) is 6.01. The Morgan fingerprint density at radius 2 is 1.61 bits per heavy atom. The largest absolute Gasteiger partial charge is 0.493 e. The molecule has 31 heavy (non-hydrogen) atoms. The molecule has 0 aromatic heterocycles. The van der Waals surface area contributed by atoms with Crippen LogP contribution in [0, 0.1) is 0 Å². The number of benzene rings is 4. The SMILES string of the molecule is CCc1ccccc1NCc1cc(Br)c(OCc2cccc3ccccc23)c(OC)c1. The van der Waals surface area contributed by atoms with Crippen molar-refractivity contribution in [3.05, 3.63) is 100 Å². The van der Waals surface area contributed by atoms with Gasteiger partial charge in [-0.05, 0) is 68.0 Å². The van der Waals surface area contributed by atoms with Gasteiger partial charge in [-0.25, -0.2) is 0 Å². The van der Waals surface area contributed by atoms with Gasteiger partial charge in [-0.2, -0.15) is 0 Å². The van der Waals surface area contributed by atoms with E-state index in [1.165, 1.54) is 16.3 Å². The molecule has 0 bridgehead atoms. The molecule has 4 aromatic carbocycles. The van der Waals surface area contributed by atoms with Gasteiger partial charge in [-0.15, -0.1) is 0 Å². The molecule has 0 aliphatic carbocycles. The Balaban J connectivity index is 1.52. The van der Waals surface area contributed by atoms with Crippen molar-refractivity contribution in [3.63, 3.8) is 0 Å². The number of hydrogen-bond acceptors (Lipinski definition) is 3. The molecule has 0 amide bonds. The van der Waals surface area contributed by atoms with Gasteiger partial charge < -0.3 is 14.8 Å². The lowest BCUT2D eigenvalue weighted by Gasteiger charge is -2.16. The molecule has 4 rings (SSSR count). The predicted octanol–water partition coefficient (Wildman–Crippen LogP) is 7.36. The van der Waals surface area contributed by atoms with Crippen molar-refractivity contribution in [2.45, 2.75) is 26.5 Å². The number of rotatable bonds is 8. The lowest BCUT2D eigenvalue weighted by Crippen LogP contribution is -2.04. The summed E-state index contributed by atoms with van der Waals surface area (Å²) in [6.07, 6.45) is 0.997. The van der Waals surface area contributed by atoms with Gasteiger partial charge in [0.15, 0.2) is 11.5 Å². The quantitative estimate of drug-likeness (QED) is 0.288. The molecule has 0 aliphatic heterocycles. The zero-order valence-corrected chi connectivity index (χ0v) is 19.4. The van der Waals surface area contributed by atoms with Crippen LogP contribution in [0.1, 0.15) is 23.6 Å². The minimum absolute atomic E-state index is 0.470. The summed E-state index contributed by atoms with van der Waals surface area (Å²) >= 11 is 3.68. The van der Waals surface area contributed by atoms with E-state index in [-0.39, 0.29) is 0 Å². The minimum Gasteiger partial charge on any atom is -0.493 e. The average molecular weight is 476 g/mol. The molecule has 0 aliphatic rings. The molecule has 4 aromatic rings. The Morgan fingerprint density at radius 3 is 2.45 bits per heavy atom. The summed E-state index contributed by atoms with van der Waals surface area (Å²) in [6.45, 7) is 3.34. The fourth-order valence-electron chi connectivity index (χ4n) is 3.78. The predicted molar refractivity (Wildman–Crippen MR) is 132 cm³/mol. The van der Waals surface area contributed by atoms with Gasteiger partial charge >= 0.3 is 0 Å². The third kappa shape index (κ3) is 4.86.